The summed E-state index contributed by atoms with van der Waals surface area (Å²) in [6.45, 7) is 0.261. The zero-order chi connectivity index (χ0) is 12.5. The summed E-state index contributed by atoms with van der Waals surface area (Å²) in [6, 6.07) is 5.69. The molecular weight excluding hydrogens is 306 g/mol. The topological polar surface area (TPSA) is 18.5 Å². The number of rotatable bonds is 3. The lowest BCUT2D eigenvalue weighted by Gasteiger charge is -2.15. The quantitative estimate of drug-likeness (QED) is 0.773. The molecule has 0 fully saturated rings. The van der Waals surface area contributed by atoms with Crippen molar-refractivity contribution in [3.05, 3.63) is 23.8 Å². The highest BCUT2D eigenvalue weighted by atomic mass is 35.6. The summed E-state index contributed by atoms with van der Waals surface area (Å²) in [5.41, 5.74) is 1.03. The van der Waals surface area contributed by atoms with Gasteiger partial charge in [-0.3, -0.25) is 0 Å². The summed E-state index contributed by atoms with van der Waals surface area (Å²) < 4.78 is 9.18. The van der Waals surface area contributed by atoms with Gasteiger partial charge in [-0.1, -0.05) is 40.9 Å². The van der Waals surface area contributed by atoms with Crippen LogP contribution in [0.5, 0.6) is 11.5 Å². The molecule has 6 heteroatoms. The van der Waals surface area contributed by atoms with E-state index in [-0.39, 0.29) is 12.2 Å². The summed E-state index contributed by atoms with van der Waals surface area (Å²) in [5, 5.41) is -0.233. The van der Waals surface area contributed by atoms with Crippen LogP contribution in [0.2, 0.25) is 0 Å². The highest BCUT2D eigenvalue weighted by Gasteiger charge is 2.24. The van der Waals surface area contributed by atoms with Crippen molar-refractivity contribution in [2.75, 3.05) is 6.79 Å². The Kier molecular flexibility index (Phi) is 4.19. The Morgan fingerprint density at radius 1 is 1.18 bits per heavy atom. The maximum atomic E-state index is 6.13. The molecule has 0 aliphatic carbocycles. The number of hydrogen-bond acceptors (Lipinski definition) is 2. The zero-order valence-electron chi connectivity index (χ0n) is 8.76. The minimum atomic E-state index is -1.32. The average Bonchev–Trinajstić information content (AvgIpc) is 2.61. The molecule has 2 nitrogen and oxygen atoms in total. The van der Waals surface area contributed by atoms with Gasteiger partial charge >= 0.3 is 0 Å². The van der Waals surface area contributed by atoms with Crippen molar-refractivity contribution in [2.24, 2.45) is 0 Å². The van der Waals surface area contributed by atoms with E-state index in [1.165, 1.54) is 0 Å². The van der Waals surface area contributed by atoms with Crippen LogP contribution in [-0.4, -0.2) is 16.0 Å². The third-order valence-electron chi connectivity index (χ3n) is 2.35. The number of benzene rings is 1. The van der Waals surface area contributed by atoms with E-state index in [0.717, 1.165) is 17.1 Å². The van der Waals surface area contributed by atoms with Gasteiger partial charge in [-0.05, 0) is 24.1 Å². The van der Waals surface area contributed by atoms with Crippen molar-refractivity contribution in [1.29, 1.82) is 0 Å². The second kappa shape index (κ2) is 5.31. The molecular formula is C11H10Cl4O2. The van der Waals surface area contributed by atoms with Gasteiger partial charge in [0.25, 0.3) is 0 Å². The summed E-state index contributed by atoms with van der Waals surface area (Å²) in [4.78, 5) is 0. The van der Waals surface area contributed by atoms with Gasteiger partial charge in [0.1, 0.15) is 0 Å². The van der Waals surface area contributed by atoms with E-state index in [1.54, 1.807) is 0 Å². The largest absolute Gasteiger partial charge is 0.454 e. The van der Waals surface area contributed by atoms with E-state index in [2.05, 4.69) is 0 Å². The maximum absolute atomic E-state index is 6.13. The SMILES string of the molecule is ClC(Cc1ccc2c(c1)OCO2)CC(Cl)(Cl)Cl. The lowest BCUT2D eigenvalue weighted by Crippen LogP contribution is -2.14. The van der Waals surface area contributed by atoms with Gasteiger partial charge in [0.2, 0.25) is 6.79 Å². The van der Waals surface area contributed by atoms with E-state index in [9.17, 15) is 0 Å². The fraction of sp³-hybridized carbons (Fsp3) is 0.455. The minimum absolute atomic E-state index is 0.233. The molecule has 0 saturated carbocycles. The maximum Gasteiger partial charge on any atom is 0.231 e. The molecule has 17 heavy (non-hydrogen) atoms. The molecule has 1 aromatic carbocycles. The predicted molar refractivity (Wildman–Crippen MR) is 70.8 cm³/mol. The number of alkyl halides is 4. The van der Waals surface area contributed by atoms with Crippen molar-refractivity contribution in [3.63, 3.8) is 0 Å². The molecule has 1 heterocycles. The Morgan fingerprint density at radius 2 is 1.88 bits per heavy atom. The van der Waals surface area contributed by atoms with Crippen LogP contribution in [0.15, 0.2) is 18.2 Å². The van der Waals surface area contributed by atoms with Crippen LogP contribution >= 0.6 is 46.4 Å². The van der Waals surface area contributed by atoms with E-state index < -0.39 is 3.79 Å². The Morgan fingerprint density at radius 3 is 2.59 bits per heavy atom. The van der Waals surface area contributed by atoms with Crippen LogP contribution in [-0.2, 0) is 6.42 Å². The molecule has 1 atom stereocenters. The number of ether oxygens (including phenoxy) is 2. The first kappa shape index (κ1) is 13.4. The Balaban J connectivity index is 1.99. The highest BCUT2D eigenvalue weighted by Crippen LogP contribution is 2.36. The summed E-state index contributed by atoms with van der Waals surface area (Å²) in [5.74, 6) is 1.49. The summed E-state index contributed by atoms with van der Waals surface area (Å²) in [7, 11) is 0. The smallest absolute Gasteiger partial charge is 0.231 e. The van der Waals surface area contributed by atoms with Gasteiger partial charge < -0.3 is 9.47 Å². The first-order valence-electron chi connectivity index (χ1n) is 5.03. The van der Waals surface area contributed by atoms with Crippen molar-refractivity contribution < 1.29 is 9.47 Å². The summed E-state index contributed by atoms with van der Waals surface area (Å²) >= 11 is 23.2. The van der Waals surface area contributed by atoms with E-state index in [4.69, 9.17) is 55.9 Å². The molecule has 0 radical (unpaired) electrons. The van der Waals surface area contributed by atoms with Crippen LogP contribution in [0.1, 0.15) is 12.0 Å². The highest BCUT2D eigenvalue weighted by molar-refractivity contribution is 6.67. The minimum Gasteiger partial charge on any atom is -0.454 e. The monoisotopic (exact) mass is 314 g/mol. The van der Waals surface area contributed by atoms with Crippen LogP contribution in [0.25, 0.3) is 0 Å². The number of halogens is 4. The molecule has 2 rings (SSSR count). The van der Waals surface area contributed by atoms with Crippen LogP contribution in [0, 0.1) is 0 Å². The second-order valence-corrected chi connectivity index (χ2v) is 6.94. The van der Waals surface area contributed by atoms with Gasteiger partial charge in [-0.2, -0.15) is 0 Å². The Bertz CT molecular complexity index is 403. The average molecular weight is 316 g/mol. The van der Waals surface area contributed by atoms with Crippen molar-refractivity contribution in [1.82, 2.24) is 0 Å². The van der Waals surface area contributed by atoms with Gasteiger partial charge in [-0.25, -0.2) is 0 Å². The lowest BCUT2D eigenvalue weighted by atomic mass is 10.1. The molecule has 0 spiro atoms. The zero-order valence-corrected chi connectivity index (χ0v) is 11.8. The number of hydrogen-bond donors (Lipinski definition) is 0. The van der Waals surface area contributed by atoms with E-state index >= 15 is 0 Å². The predicted octanol–water partition coefficient (Wildman–Crippen LogP) is 4.33. The molecule has 0 amide bonds. The Hall–Kier alpha value is -0.0200. The molecule has 1 aromatic rings. The van der Waals surface area contributed by atoms with Crippen LogP contribution in [0.3, 0.4) is 0 Å². The molecule has 1 aliphatic rings. The standard InChI is InChI=1S/C11H10Cl4O2/c12-8(5-11(13,14)15)3-7-1-2-9-10(4-7)17-6-16-9/h1-2,4,8H,3,5-6H2. The molecule has 0 bridgehead atoms. The van der Waals surface area contributed by atoms with Crippen molar-refractivity contribution in [2.45, 2.75) is 22.0 Å². The molecule has 94 valence electrons. The lowest BCUT2D eigenvalue weighted by molar-refractivity contribution is 0.174. The second-order valence-electron chi connectivity index (χ2n) is 3.81. The fourth-order valence-electron chi connectivity index (χ4n) is 1.65. The van der Waals surface area contributed by atoms with Crippen LogP contribution < -0.4 is 9.47 Å². The van der Waals surface area contributed by atoms with Crippen molar-refractivity contribution >= 4 is 46.4 Å². The first-order chi connectivity index (χ1) is 7.94. The molecule has 1 unspecified atom stereocenters. The summed E-state index contributed by atoms with van der Waals surface area (Å²) in [6.07, 6.45) is 0.916. The molecule has 0 saturated heterocycles. The number of fused-ring (bicyclic) bond motifs is 1. The molecule has 0 aromatic heterocycles. The van der Waals surface area contributed by atoms with Crippen LogP contribution in [0.4, 0.5) is 0 Å². The van der Waals surface area contributed by atoms with Gasteiger partial charge in [-0.15, -0.1) is 11.6 Å². The van der Waals surface area contributed by atoms with Gasteiger partial charge in [0, 0.05) is 11.8 Å². The normalized spacial score (nSPS) is 16.0. The first-order valence-corrected chi connectivity index (χ1v) is 6.60. The third-order valence-corrected chi connectivity index (χ3v) is 3.12. The molecule has 1 aliphatic heterocycles. The molecule has 0 N–H and O–H groups in total. The van der Waals surface area contributed by atoms with Gasteiger partial charge in [0.05, 0.1) is 0 Å². The van der Waals surface area contributed by atoms with Gasteiger partial charge in [0.15, 0.2) is 15.3 Å². The Labute approximate surface area is 120 Å². The van der Waals surface area contributed by atoms with E-state index in [0.29, 0.717) is 12.8 Å². The third kappa shape index (κ3) is 3.99. The van der Waals surface area contributed by atoms with Crippen molar-refractivity contribution in [3.8, 4) is 11.5 Å². The van der Waals surface area contributed by atoms with E-state index in [1.807, 2.05) is 18.2 Å². The fourth-order valence-corrected chi connectivity index (χ4v) is 2.85.